The summed E-state index contributed by atoms with van der Waals surface area (Å²) >= 11 is 6.41. The molecule has 3 aliphatic heterocycles. The second kappa shape index (κ2) is 38.8. The fourth-order valence-corrected chi connectivity index (χ4v) is 18.2. The standard InChI is InChI=1S/C76H121ClF6N12O14/c1-14-30-94-58(39-49-22-26-51(27-23-49)75(78,79)80)68(103)88(9)41-59(96)84-54(29-25-48-24-28-52(53(77)38-48)76(81,82)83)67(102)95-31-18-21-55(95)66(101)86-74(44-73(6,7)45-74)72(107)92(13)64(50-19-16-17-20-50)71(106)91(12)57(69(104)93-32-35-108-36-33-93)40-60(97)90(11)56(37-46(3)4)65(100)85-63(47(5)109-34-15-2)70(105)89(10)42-61(98)87(8)43-62(94)99/h46-58,63-64H,14-45H2,1-13H3,(H,84,96)(H,85,100)(H,86,101)/t47-,48?,49?,51?,52?,53?,54+,55+,56+,57+,58+,63+,64+/m1/s1. The van der Waals surface area contributed by atoms with Crippen molar-refractivity contribution in [3.63, 3.8) is 0 Å². The summed E-state index contributed by atoms with van der Waals surface area (Å²) in [4.78, 5) is 192. The SMILES string of the molecule is CCCO[C@H](C)[C@@H]1NC(=O)[C@H](CC(C)C)N(C)C(=O)C[C@@H](C(=O)N2CCOCC2)N(C)C(=O)[C@H](C2CCCC2)N(C)C(=O)C2(CC(C)(C)C2)NC(=O)[C@@H]2CCCN2C(=O)[C@H](CCC2CCC(C(F)(F)F)C(Cl)C2)NC(=O)CN(C)C(=O)[C@H](CC2CCC(C(F)(F)F)CC2)N(CCC)C(=O)CN(C)C(=O)CN(C)C1=O. The summed E-state index contributed by atoms with van der Waals surface area (Å²) in [6, 6.07) is -9.67. The van der Waals surface area contributed by atoms with E-state index in [-0.39, 0.29) is 155 Å². The highest BCUT2D eigenvalue weighted by atomic mass is 35.5. The zero-order valence-electron chi connectivity index (χ0n) is 66.2. The predicted octanol–water partition coefficient (Wildman–Crippen LogP) is 6.52. The Kier molecular flexibility index (Phi) is 31.9. The average molecular weight is 1580 g/mol. The first kappa shape index (κ1) is 89.6. The molecule has 109 heavy (non-hydrogen) atoms. The molecule has 1 spiro atoms. The Morgan fingerprint density at radius 2 is 1.25 bits per heavy atom. The third kappa shape index (κ3) is 23.1. The molecule has 3 saturated heterocycles. The maximum atomic E-state index is 15.8. The Morgan fingerprint density at radius 1 is 0.633 bits per heavy atom. The molecule has 11 atom stereocenters. The lowest BCUT2D eigenvalue weighted by atomic mass is 9.58. The van der Waals surface area contributed by atoms with Crippen LogP contribution in [-0.4, -0.2) is 295 Å². The zero-order chi connectivity index (χ0) is 80.9. The van der Waals surface area contributed by atoms with Gasteiger partial charge in [0.15, 0.2) is 0 Å². The average Bonchev–Trinajstić information content (AvgIpc) is 1.25. The number of hydrogen-bond donors (Lipinski definition) is 3. The van der Waals surface area contributed by atoms with Gasteiger partial charge in [-0.15, -0.1) is 11.6 Å². The summed E-state index contributed by atoms with van der Waals surface area (Å²) in [6.07, 6.45) is -7.91. The molecule has 3 heterocycles. The maximum absolute atomic E-state index is 15.8. The molecule has 0 aromatic carbocycles. The number of amides is 12. The van der Waals surface area contributed by atoms with E-state index in [9.17, 15) is 45.5 Å². The monoisotopic (exact) mass is 1570 g/mol. The summed E-state index contributed by atoms with van der Waals surface area (Å²) in [7, 11) is 8.11. The minimum atomic E-state index is -4.56. The third-order valence-corrected chi connectivity index (χ3v) is 24.2. The Bertz CT molecular complexity index is 3200. The summed E-state index contributed by atoms with van der Waals surface area (Å²) < 4.78 is 96.2. The zero-order valence-corrected chi connectivity index (χ0v) is 66.9. The molecule has 4 saturated carbocycles. The third-order valence-electron chi connectivity index (χ3n) is 23.7. The number of halogens is 7. The molecule has 7 fully saturated rings. The van der Waals surface area contributed by atoms with Crippen molar-refractivity contribution >= 4 is 82.5 Å². The summed E-state index contributed by atoms with van der Waals surface area (Å²) in [5.74, 6) is -14.0. The van der Waals surface area contributed by atoms with Crippen LogP contribution in [0.25, 0.3) is 0 Å². The van der Waals surface area contributed by atoms with Gasteiger partial charge in [0.2, 0.25) is 70.9 Å². The normalized spacial score (nSPS) is 30.2. The van der Waals surface area contributed by atoms with E-state index in [1.54, 1.807) is 13.8 Å². The van der Waals surface area contributed by atoms with Gasteiger partial charge in [-0.05, 0) is 158 Å². The summed E-state index contributed by atoms with van der Waals surface area (Å²) in [6.45, 7) is 11.0. The van der Waals surface area contributed by atoms with Crippen molar-refractivity contribution in [1.29, 1.82) is 0 Å². The van der Waals surface area contributed by atoms with E-state index >= 15 is 38.4 Å². The summed E-state index contributed by atoms with van der Waals surface area (Å²) in [5.41, 5.74) is -2.20. The molecule has 7 aliphatic rings. The van der Waals surface area contributed by atoms with Gasteiger partial charge in [-0.1, -0.05) is 54.4 Å². The van der Waals surface area contributed by atoms with Gasteiger partial charge in [0.05, 0.1) is 57.2 Å². The van der Waals surface area contributed by atoms with Crippen molar-refractivity contribution in [3.05, 3.63) is 0 Å². The first-order valence-corrected chi connectivity index (χ1v) is 39.8. The molecule has 12 amide bonds. The van der Waals surface area contributed by atoms with Gasteiger partial charge < -0.3 is 69.5 Å². The van der Waals surface area contributed by atoms with E-state index < -0.39 is 204 Å². The van der Waals surface area contributed by atoms with E-state index in [0.717, 1.165) is 14.7 Å². The van der Waals surface area contributed by atoms with Gasteiger partial charge in [-0.2, -0.15) is 26.3 Å². The number of fused-ring (bicyclic) bond motifs is 1. The Morgan fingerprint density at radius 3 is 1.83 bits per heavy atom. The lowest BCUT2D eigenvalue weighted by Crippen LogP contribution is -2.71. The van der Waals surface area contributed by atoms with Gasteiger partial charge in [-0.3, -0.25) is 57.5 Å². The number of alkyl halides is 7. The minimum Gasteiger partial charge on any atom is -0.378 e. The molecular formula is C76H121ClF6N12O14. The van der Waals surface area contributed by atoms with Crippen LogP contribution in [0.5, 0.6) is 0 Å². The molecule has 3 N–H and O–H groups in total. The lowest BCUT2D eigenvalue weighted by Gasteiger charge is -2.54. The van der Waals surface area contributed by atoms with Crippen molar-refractivity contribution in [3.8, 4) is 0 Å². The van der Waals surface area contributed by atoms with Crippen LogP contribution >= 0.6 is 11.6 Å². The Labute approximate surface area is 643 Å². The van der Waals surface area contributed by atoms with Crippen LogP contribution in [0.2, 0.25) is 0 Å². The van der Waals surface area contributed by atoms with Crippen LogP contribution in [0.3, 0.4) is 0 Å². The molecule has 0 radical (unpaired) electrons. The molecule has 618 valence electrons. The molecule has 0 aromatic heterocycles. The van der Waals surface area contributed by atoms with Crippen LogP contribution in [0.4, 0.5) is 26.3 Å². The van der Waals surface area contributed by atoms with Crippen molar-refractivity contribution in [1.82, 2.24) is 60.0 Å². The number of morpholine rings is 1. The fourth-order valence-electron chi connectivity index (χ4n) is 17.7. The highest BCUT2D eigenvalue weighted by Crippen LogP contribution is 2.50. The van der Waals surface area contributed by atoms with Gasteiger partial charge in [-0.25, -0.2) is 0 Å². The van der Waals surface area contributed by atoms with E-state index in [2.05, 4.69) is 16.0 Å². The number of carbonyl (C=O) groups excluding carboxylic acids is 12. The second-order valence-electron chi connectivity index (χ2n) is 33.3. The number of hydrogen-bond acceptors (Lipinski definition) is 14. The maximum Gasteiger partial charge on any atom is 0.393 e. The topological polar surface area (TPSA) is 289 Å². The quantitative estimate of drug-likeness (QED) is 0.116. The molecule has 4 aliphatic carbocycles. The Hall–Kier alpha value is -6.57. The van der Waals surface area contributed by atoms with E-state index in [4.69, 9.17) is 21.1 Å². The van der Waals surface area contributed by atoms with Crippen LogP contribution in [0.1, 0.15) is 190 Å². The highest BCUT2D eigenvalue weighted by molar-refractivity contribution is 6.21. The van der Waals surface area contributed by atoms with Crippen LogP contribution in [0, 0.1) is 40.9 Å². The number of likely N-dealkylation sites (N-methyl/N-ethyl adjacent to an activating group) is 6. The fraction of sp³-hybridized carbons (Fsp3) is 0.842. The van der Waals surface area contributed by atoms with Gasteiger partial charge in [0.25, 0.3) is 0 Å². The van der Waals surface area contributed by atoms with Crippen molar-refractivity contribution < 1.29 is 93.4 Å². The predicted molar refractivity (Wildman–Crippen MR) is 392 cm³/mol. The van der Waals surface area contributed by atoms with Crippen LogP contribution < -0.4 is 16.0 Å². The summed E-state index contributed by atoms with van der Waals surface area (Å²) in [5, 5.41) is 7.33. The van der Waals surface area contributed by atoms with Crippen LogP contribution in [-0.2, 0) is 67.0 Å². The molecule has 7 rings (SSSR count). The highest BCUT2D eigenvalue weighted by Gasteiger charge is 2.59. The van der Waals surface area contributed by atoms with Crippen molar-refractivity contribution in [2.75, 3.05) is 108 Å². The molecular weight excluding hydrogens is 1450 g/mol. The van der Waals surface area contributed by atoms with E-state index in [0.29, 0.717) is 32.1 Å². The van der Waals surface area contributed by atoms with E-state index in [1.165, 1.54) is 71.7 Å². The number of nitrogens with zero attached hydrogens (tertiary/aromatic N) is 9. The lowest BCUT2D eigenvalue weighted by molar-refractivity contribution is -0.184. The molecule has 0 bridgehead atoms. The molecule has 3 unspecified atom stereocenters. The number of nitrogens with one attached hydrogen (secondary N) is 3. The largest absolute Gasteiger partial charge is 0.393 e. The number of rotatable bonds is 15. The van der Waals surface area contributed by atoms with Gasteiger partial charge in [0, 0.05) is 80.4 Å². The molecule has 33 heteroatoms. The number of ether oxygens (including phenoxy) is 2. The first-order chi connectivity index (χ1) is 51.0. The van der Waals surface area contributed by atoms with Crippen molar-refractivity contribution in [2.45, 2.75) is 261 Å². The van der Waals surface area contributed by atoms with Crippen molar-refractivity contribution in [2.24, 2.45) is 40.9 Å². The van der Waals surface area contributed by atoms with Crippen LogP contribution in [0.15, 0.2) is 0 Å². The van der Waals surface area contributed by atoms with Gasteiger partial charge in [0.1, 0.15) is 47.8 Å². The van der Waals surface area contributed by atoms with E-state index in [1.807, 2.05) is 34.6 Å². The smallest absolute Gasteiger partial charge is 0.378 e. The molecule has 26 nitrogen and oxygen atoms in total. The number of carbonyl (C=O) groups is 12. The second-order valence-corrected chi connectivity index (χ2v) is 33.8. The van der Waals surface area contributed by atoms with Gasteiger partial charge >= 0.3 is 12.4 Å². The Balaban J connectivity index is 1.31. The first-order valence-electron chi connectivity index (χ1n) is 39.4. The minimum absolute atomic E-state index is 0.00890. The molecule has 0 aromatic rings.